The Hall–Kier alpha value is -7.84. The standard InChI is InChI=1S/C67H81N5O21S2/c1-41(74)71-56-52(77)36-66(40-73,92-60(56)58(81)54(79)38-69-63(84)49-23-17-45(18-24-49)43-12-5-3-6-13-43)90-30-10-34-95(89)35-29-68-62(83)48-27-21-47(22-28-48)51(76)16-9-32-94(88)33-11-31-91-67(65(86)87)37-53(78)57(72-42(2)75)61(93-67)59(82)55(80)39-70-64(85)50-25-19-46(20-26-50)44-14-7-4-8-15-44/h3-8,12-15,17-28,40,52-61,77-82H,9-11,16,29-39H2,1-2H3,(H,68,83)(H,69,84)(H,70,85)(H,71,74)(H,72,75)(H,86,87)/t52-,53-,54+,55+,56+,57+,58+,59+,60+,61+,66+,67+,94?,95?/m0/s1. The van der Waals surface area contributed by atoms with E-state index >= 15 is 0 Å². The Morgan fingerprint density at radius 3 is 1.40 bits per heavy atom. The smallest absolute Gasteiger partial charge is 0.364 e. The highest BCUT2D eigenvalue weighted by Gasteiger charge is 2.56. The molecule has 5 aromatic rings. The van der Waals surface area contributed by atoms with Gasteiger partial charge in [-0.15, -0.1) is 0 Å². The molecule has 14 atom stereocenters. The number of aliphatic hydroxyl groups excluding tert-OH is 6. The van der Waals surface area contributed by atoms with Gasteiger partial charge in [0, 0.05) is 120 Å². The number of amides is 5. The number of aldehydes is 1. The van der Waals surface area contributed by atoms with Gasteiger partial charge in [0.2, 0.25) is 17.6 Å². The molecule has 0 spiro atoms. The third-order valence-electron chi connectivity index (χ3n) is 15.9. The summed E-state index contributed by atoms with van der Waals surface area (Å²) in [4.78, 5) is 102. The molecular formula is C67H81N5O21S2. The van der Waals surface area contributed by atoms with Crippen LogP contribution < -0.4 is 26.6 Å². The molecule has 2 aliphatic heterocycles. The minimum absolute atomic E-state index is 0.00125. The second kappa shape index (κ2) is 35.8. The van der Waals surface area contributed by atoms with Gasteiger partial charge in [-0.05, 0) is 77.9 Å². The molecule has 2 saturated heterocycles. The summed E-state index contributed by atoms with van der Waals surface area (Å²) < 4.78 is 49.1. The fraction of sp³-hybridized carbons (Fsp3) is 0.433. The zero-order valence-electron chi connectivity index (χ0n) is 52.3. The van der Waals surface area contributed by atoms with Gasteiger partial charge >= 0.3 is 5.97 Å². The van der Waals surface area contributed by atoms with E-state index in [9.17, 15) is 82.5 Å². The highest BCUT2D eigenvalue weighted by Crippen LogP contribution is 2.35. The van der Waals surface area contributed by atoms with Crippen molar-refractivity contribution in [3.05, 3.63) is 156 Å². The maximum absolute atomic E-state index is 13.1. The molecule has 0 radical (unpaired) electrons. The SMILES string of the molecule is CC(=O)N[C@H]1[C@H]([C@H](O)[C@H](O)CNC(=O)c2ccc(-c3ccccc3)cc2)O[C@](C=O)(OCCCS(=O)CCNC(=O)c2ccc(C(=O)CCCS(=O)CCCO[C@]3(C(=O)O)C[C@H](O)[C@@H](NC(C)=O)[C@H]([C@H](O)[C@H](O)CNC(=O)c4ccc(-c5ccccc5)cc4)O3)cc2)C[C@@H]1O. The Labute approximate surface area is 553 Å². The number of rotatable bonds is 35. The first kappa shape index (κ1) is 74.6. The number of hydrogen-bond donors (Lipinski definition) is 12. The number of carbonyl (C=O) groups is 8. The second-order valence-corrected chi connectivity index (χ2v) is 26.4. The predicted molar refractivity (Wildman–Crippen MR) is 347 cm³/mol. The normalized spacial score (nSPS) is 22.9. The first-order chi connectivity index (χ1) is 45.4. The van der Waals surface area contributed by atoms with E-state index in [1.807, 2.05) is 60.7 Å². The van der Waals surface area contributed by atoms with Crippen LogP contribution in [0, 0.1) is 0 Å². The van der Waals surface area contributed by atoms with Crippen molar-refractivity contribution in [2.45, 2.75) is 125 Å². The Morgan fingerprint density at radius 1 is 0.537 bits per heavy atom. The summed E-state index contributed by atoms with van der Waals surface area (Å²) in [6.45, 7) is 0.696. The lowest BCUT2D eigenvalue weighted by Crippen LogP contribution is -2.68. The van der Waals surface area contributed by atoms with Gasteiger partial charge in [0.05, 0.1) is 49.7 Å². The van der Waals surface area contributed by atoms with Gasteiger partial charge in [0.25, 0.3) is 23.5 Å². The summed E-state index contributed by atoms with van der Waals surface area (Å²) in [6, 6.07) is 35.4. The summed E-state index contributed by atoms with van der Waals surface area (Å²) in [5.41, 5.74) is 4.63. The predicted octanol–water partition coefficient (Wildman–Crippen LogP) is 1.31. The average molecular weight is 1360 g/mol. The highest BCUT2D eigenvalue weighted by molar-refractivity contribution is 7.85. The molecule has 2 heterocycles. The largest absolute Gasteiger partial charge is 0.477 e. The van der Waals surface area contributed by atoms with E-state index < -0.39 is 156 Å². The number of ether oxygens (including phenoxy) is 4. The topological polar surface area (TPSA) is 409 Å². The van der Waals surface area contributed by atoms with Crippen LogP contribution in [0.5, 0.6) is 0 Å². The van der Waals surface area contributed by atoms with E-state index in [2.05, 4.69) is 26.6 Å². The van der Waals surface area contributed by atoms with Crippen molar-refractivity contribution < 1.29 is 101 Å². The molecule has 0 bridgehead atoms. The number of aliphatic carboxylic acids is 1. The molecular weight excluding hydrogens is 1270 g/mol. The highest BCUT2D eigenvalue weighted by atomic mass is 32.2. The van der Waals surface area contributed by atoms with Crippen molar-refractivity contribution in [1.82, 2.24) is 26.6 Å². The Bertz CT molecular complexity index is 3450. The molecule has 2 aliphatic rings. The number of carboxylic acid groups (broad SMARTS) is 1. The fourth-order valence-corrected chi connectivity index (χ4v) is 12.9. The Balaban J connectivity index is 0.787. The molecule has 5 amide bonds. The number of benzene rings is 5. The number of aliphatic hydroxyl groups is 6. The zero-order chi connectivity index (χ0) is 68.8. The summed E-state index contributed by atoms with van der Waals surface area (Å²) >= 11 is 0. The maximum atomic E-state index is 13.1. The van der Waals surface area contributed by atoms with Gasteiger partial charge in [-0.2, -0.15) is 0 Å². The van der Waals surface area contributed by atoms with Crippen molar-refractivity contribution in [3.8, 4) is 22.3 Å². The van der Waals surface area contributed by atoms with E-state index in [-0.39, 0.29) is 103 Å². The minimum Gasteiger partial charge on any atom is -0.477 e. The van der Waals surface area contributed by atoms with Crippen LogP contribution in [0.15, 0.2) is 133 Å². The molecule has 95 heavy (non-hydrogen) atoms. The fourth-order valence-electron chi connectivity index (χ4n) is 10.9. The van der Waals surface area contributed by atoms with Crippen molar-refractivity contribution in [2.24, 2.45) is 0 Å². The van der Waals surface area contributed by atoms with Crippen molar-refractivity contribution in [1.29, 1.82) is 0 Å². The zero-order valence-corrected chi connectivity index (χ0v) is 54.0. The van der Waals surface area contributed by atoms with E-state index in [1.165, 1.54) is 24.3 Å². The van der Waals surface area contributed by atoms with Crippen molar-refractivity contribution in [2.75, 3.05) is 55.9 Å². The van der Waals surface area contributed by atoms with Gasteiger partial charge in [-0.1, -0.05) is 97.1 Å². The first-order valence-corrected chi connectivity index (χ1v) is 33.8. The molecule has 7 rings (SSSR count). The lowest BCUT2D eigenvalue weighted by molar-refractivity contribution is -0.310. The van der Waals surface area contributed by atoms with Crippen LogP contribution >= 0.6 is 0 Å². The maximum Gasteiger partial charge on any atom is 0.364 e. The second-order valence-electron chi connectivity index (χ2n) is 23.0. The van der Waals surface area contributed by atoms with Gasteiger partial charge < -0.3 is 81.3 Å². The number of carbonyl (C=O) groups excluding carboxylic acids is 7. The third-order valence-corrected chi connectivity index (χ3v) is 18.8. The number of nitrogens with one attached hydrogen (secondary N) is 5. The summed E-state index contributed by atoms with van der Waals surface area (Å²) in [6.07, 6.45) is -14.5. The minimum atomic E-state index is -2.58. The number of Topliss-reactive ketones (excluding diaryl/α,β-unsaturated/α-hetero) is 1. The van der Waals surface area contributed by atoms with Crippen LogP contribution in [-0.2, 0) is 59.7 Å². The molecule has 0 saturated carbocycles. The molecule has 2 unspecified atom stereocenters. The molecule has 0 aliphatic carbocycles. The third kappa shape index (κ3) is 21.3. The molecule has 5 aromatic carbocycles. The number of carboxylic acids is 1. The average Bonchev–Trinajstić information content (AvgIpc) is 0.782. The van der Waals surface area contributed by atoms with Gasteiger partial charge in [-0.3, -0.25) is 42.0 Å². The molecule has 512 valence electrons. The van der Waals surface area contributed by atoms with E-state index in [1.54, 1.807) is 48.5 Å². The van der Waals surface area contributed by atoms with E-state index in [0.717, 1.165) is 36.1 Å². The lowest BCUT2D eigenvalue weighted by atomic mass is 9.88. The molecule has 12 N–H and O–H groups in total. The quantitative estimate of drug-likeness (QED) is 0.0155. The summed E-state index contributed by atoms with van der Waals surface area (Å²) in [5.74, 6) is -9.47. The number of hydrogen-bond acceptors (Lipinski definition) is 20. The molecule has 2 fully saturated rings. The van der Waals surface area contributed by atoms with Crippen LogP contribution in [0.2, 0.25) is 0 Å². The van der Waals surface area contributed by atoms with Crippen molar-refractivity contribution >= 4 is 69.2 Å². The summed E-state index contributed by atoms with van der Waals surface area (Å²) in [7, 11) is -3.00. The Kier molecular flexibility index (Phi) is 28.1. The van der Waals surface area contributed by atoms with Crippen molar-refractivity contribution in [3.63, 3.8) is 0 Å². The van der Waals surface area contributed by atoms with Gasteiger partial charge in [0.1, 0.15) is 24.4 Å². The van der Waals surface area contributed by atoms with E-state index in [4.69, 9.17) is 18.9 Å². The monoisotopic (exact) mass is 1360 g/mol. The Morgan fingerprint density at radius 2 is 0.937 bits per heavy atom. The van der Waals surface area contributed by atoms with Crippen LogP contribution in [0.1, 0.15) is 93.8 Å². The van der Waals surface area contributed by atoms with Gasteiger partial charge in [-0.25, -0.2) is 4.79 Å². The molecule has 0 aromatic heterocycles. The van der Waals surface area contributed by atoms with Gasteiger partial charge in [0.15, 0.2) is 12.1 Å². The van der Waals surface area contributed by atoms with Crippen LogP contribution in [0.25, 0.3) is 22.3 Å². The molecule has 26 nitrogen and oxygen atoms in total. The number of ketones is 1. The van der Waals surface area contributed by atoms with Crippen LogP contribution in [0.3, 0.4) is 0 Å². The van der Waals surface area contributed by atoms with Crippen LogP contribution in [-0.4, -0.2) is 220 Å². The van der Waals surface area contributed by atoms with E-state index in [0.29, 0.717) is 0 Å². The lowest BCUT2D eigenvalue weighted by Gasteiger charge is -2.46. The first-order valence-electron chi connectivity index (χ1n) is 30.9. The summed E-state index contributed by atoms with van der Waals surface area (Å²) in [5, 5.41) is 89.9. The molecule has 28 heteroatoms. The van der Waals surface area contributed by atoms with Crippen LogP contribution in [0.4, 0.5) is 0 Å².